The summed E-state index contributed by atoms with van der Waals surface area (Å²) in [7, 11) is 0. The van der Waals surface area contributed by atoms with Crippen LogP contribution in [0, 0.1) is 0 Å². The number of aromatic amines is 1. The Labute approximate surface area is 252 Å². The molecule has 0 fully saturated rings. The minimum atomic E-state index is 1.14. The number of nitrogens with zero attached hydrogens (tertiary/aromatic N) is 3. The van der Waals surface area contributed by atoms with E-state index in [1.165, 1.54) is 71.6 Å². The molecule has 4 aromatic carbocycles. The predicted molar refractivity (Wildman–Crippen MR) is 183 cm³/mol. The molecule has 1 N–H and O–H groups in total. The Hall–Kier alpha value is -6.00. The van der Waals surface area contributed by atoms with E-state index in [1.807, 2.05) is 0 Å². The number of hydrogen-bond donors (Lipinski definition) is 1. The first kappa shape index (κ1) is 23.6. The van der Waals surface area contributed by atoms with Crippen LogP contribution < -0.4 is 0 Å². The van der Waals surface area contributed by atoms with Gasteiger partial charge in [-0.05, 0) is 59.7 Å². The minimum absolute atomic E-state index is 1.14. The van der Waals surface area contributed by atoms with E-state index in [0.29, 0.717) is 0 Å². The number of nitrogens with one attached hydrogen (secondary N) is 1. The number of fused-ring (bicyclic) bond motifs is 10. The number of H-pyrrole nitrogens is 1. The quantitative estimate of drug-likeness (QED) is 0.222. The van der Waals surface area contributed by atoms with Crippen LogP contribution >= 0.6 is 0 Å². The molecule has 6 heterocycles. The van der Waals surface area contributed by atoms with Crippen molar-refractivity contribution in [2.24, 2.45) is 0 Å². The smallest absolute Gasteiger partial charge is 0.0803 e. The Morgan fingerprint density at radius 2 is 1.05 bits per heavy atom. The fourth-order valence-corrected chi connectivity index (χ4v) is 7.42. The number of para-hydroxylation sites is 1. The van der Waals surface area contributed by atoms with Gasteiger partial charge < -0.3 is 18.4 Å². The van der Waals surface area contributed by atoms with E-state index in [4.69, 9.17) is 0 Å². The van der Waals surface area contributed by atoms with Gasteiger partial charge in [-0.25, -0.2) is 0 Å². The maximum absolute atomic E-state index is 3.78. The molecule has 0 saturated carbocycles. The lowest BCUT2D eigenvalue weighted by molar-refractivity contribution is 1.17. The summed E-state index contributed by atoms with van der Waals surface area (Å²) in [6.07, 6.45) is 4.36. The van der Waals surface area contributed by atoms with E-state index >= 15 is 0 Å². The first-order valence-electron chi connectivity index (χ1n) is 15.0. The third-order valence-electron chi connectivity index (χ3n) is 9.18. The molecule has 0 aliphatic heterocycles. The average molecular weight is 563 g/mol. The zero-order valence-electron chi connectivity index (χ0n) is 23.8. The SMILES string of the molecule is c1ccc(-c2c3c4cc(-n5c6ccccc6c6c(-c7ccccc7)n7ccccc7c65)ccc4[nH]c3c3ccccn23)cc1. The second kappa shape index (κ2) is 8.76. The minimum Gasteiger partial charge on any atom is -0.353 e. The van der Waals surface area contributed by atoms with Gasteiger partial charge in [-0.1, -0.05) is 91.0 Å². The lowest BCUT2D eigenvalue weighted by Gasteiger charge is -2.10. The second-order valence-corrected chi connectivity index (χ2v) is 11.5. The summed E-state index contributed by atoms with van der Waals surface area (Å²) >= 11 is 0. The molecule has 0 unspecified atom stereocenters. The van der Waals surface area contributed by atoms with Crippen molar-refractivity contribution >= 4 is 54.6 Å². The molecule has 10 aromatic rings. The molecule has 6 aromatic heterocycles. The third kappa shape index (κ3) is 3.06. The van der Waals surface area contributed by atoms with Gasteiger partial charge in [-0.3, -0.25) is 0 Å². The van der Waals surface area contributed by atoms with E-state index in [1.54, 1.807) is 0 Å². The summed E-state index contributed by atoms with van der Waals surface area (Å²) in [5.74, 6) is 0. The molecule has 10 rings (SSSR count). The second-order valence-electron chi connectivity index (χ2n) is 11.5. The van der Waals surface area contributed by atoms with E-state index < -0.39 is 0 Å². The Kier molecular flexibility index (Phi) is 4.69. The van der Waals surface area contributed by atoms with Gasteiger partial charge in [-0.15, -0.1) is 0 Å². The normalized spacial score (nSPS) is 12.1. The van der Waals surface area contributed by atoms with Crippen LogP contribution in [-0.4, -0.2) is 18.4 Å². The lowest BCUT2D eigenvalue weighted by Crippen LogP contribution is -1.95. The van der Waals surface area contributed by atoms with Crippen LogP contribution in [0.15, 0.2) is 152 Å². The molecule has 206 valence electrons. The van der Waals surface area contributed by atoms with Crippen molar-refractivity contribution in [2.45, 2.75) is 0 Å². The summed E-state index contributed by atoms with van der Waals surface area (Å²) in [4.78, 5) is 3.78. The van der Waals surface area contributed by atoms with Crippen molar-refractivity contribution in [2.75, 3.05) is 0 Å². The van der Waals surface area contributed by atoms with Crippen molar-refractivity contribution in [3.63, 3.8) is 0 Å². The van der Waals surface area contributed by atoms with Crippen LogP contribution in [-0.2, 0) is 0 Å². The summed E-state index contributed by atoms with van der Waals surface area (Å²) in [5.41, 5.74) is 13.1. The first-order chi connectivity index (χ1) is 21.9. The van der Waals surface area contributed by atoms with Gasteiger partial charge in [0.1, 0.15) is 0 Å². The van der Waals surface area contributed by atoms with Gasteiger partial charge in [0, 0.05) is 45.1 Å². The van der Waals surface area contributed by atoms with Crippen LogP contribution in [0.3, 0.4) is 0 Å². The molecule has 0 saturated heterocycles. The molecule has 0 amide bonds. The fraction of sp³-hybridized carbons (Fsp3) is 0. The highest BCUT2D eigenvalue weighted by atomic mass is 15.0. The van der Waals surface area contributed by atoms with Gasteiger partial charge in [0.2, 0.25) is 0 Å². The van der Waals surface area contributed by atoms with Gasteiger partial charge >= 0.3 is 0 Å². The van der Waals surface area contributed by atoms with Crippen molar-refractivity contribution in [3.8, 4) is 28.2 Å². The van der Waals surface area contributed by atoms with Gasteiger partial charge in [0.05, 0.1) is 39.0 Å². The average Bonchev–Trinajstić information content (AvgIpc) is 3.81. The molecule has 0 spiro atoms. The fourth-order valence-electron chi connectivity index (χ4n) is 7.42. The molecule has 0 aliphatic rings. The van der Waals surface area contributed by atoms with Crippen LogP contribution in [0.1, 0.15) is 0 Å². The standard InChI is InChI=1S/C40H26N4/c1-3-13-26(14-4-1)38-35-30-25-28(21-22-31(30)41-37(35)33-19-9-11-23-42(33)38)44-32-18-8-7-17-29(32)36-39(27-15-5-2-6-16-27)43-24-12-10-20-34(43)40(36)44/h1-25,41H. The monoisotopic (exact) mass is 562 g/mol. The van der Waals surface area contributed by atoms with Crippen LogP contribution in [0.4, 0.5) is 0 Å². The summed E-state index contributed by atoms with van der Waals surface area (Å²) in [5, 5.41) is 5.00. The molecule has 4 nitrogen and oxygen atoms in total. The molecular formula is C40H26N4. The van der Waals surface area contributed by atoms with Gasteiger partial charge in [0.15, 0.2) is 0 Å². The molecule has 0 aliphatic carbocycles. The third-order valence-corrected chi connectivity index (χ3v) is 9.18. The Balaban J connectivity index is 1.35. The highest BCUT2D eigenvalue weighted by Gasteiger charge is 2.23. The van der Waals surface area contributed by atoms with Crippen molar-refractivity contribution < 1.29 is 0 Å². The number of aromatic nitrogens is 4. The summed E-state index contributed by atoms with van der Waals surface area (Å²) < 4.78 is 7.13. The molecular weight excluding hydrogens is 536 g/mol. The first-order valence-corrected chi connectivity index (χ1v) is 15.0. The topological polar surface area (TPSA) is 29.5 Å². The van der Waals surface area contributed by atoms with Crippen molar-refractivity contribution in [3.05, 3.63) is 152 Å². The Morgan fingerprint density at radius 3 is 1.80 bits per heavy atom. The predicted octanol–water partition coefficient (Wildman–Crippen LogP) is 10.3. The molecule has 0 bridgehead atoms. The summed E-state index contributed by atoms with van der Waals surface area (Å²) in [6.45, 7) is 0. The highest BCUT2D eigenvalue weighted by molar-refractivity contribution is 6.22. The molecule has 44 heavy (non-hydrogen) atoms. The summed E-state index contributed by atoms with van der Waals surface area (Å²) in [6, 6.07) is 50.1. The maximum atomic E-state index is 3.78. The Bertz CT molecular complexity index is 2690. The van der Waals surface area contributed by atoms with Gasteiger partial charge in [0.25, 0.3) is 0 Å². The number of pyridine rings is 2. The zero-order valence-corrected chi connectivity index (χ0v) is 23.8. The zero-order chi connectivity index (χ0) is 28.8. The largest absolute Gasteiger partial charge is 0.353 e. The van der Waals surface area contributed by atoms with E-state index in [2.05, 4.69) is 170 Å². The molecule has 0 radical (unpaired) electrons. The van der Waals surface area contributed by atoms with Crippen LogP contribution in [0.2, 0.25) is 0 Å². The van der Waals surface area contributed by atoms with Crippen LogP contribution in [0.25, 0.3) is 82.8 Å². The Morgan fingerprint density at radius 1 is 0.455 bits per heavy atom. The van der Waals surface area contributed by atoms with E-state index in [0.717, 1.165) is 11.2 Å². The van der Waals surface area contributed by atoms with Gasteiger partial charge in [-0.2, -0.15) is 0 Å². The van der Waals surface area contributed by atoms with Crippen molar-refractivity contribution in [1.82, 2.24) is 18.4 Å². The number of benzene rings is 4. The maximum Gasteiger partial charge on any atom is 0.0803 e. The van der Waals surface area contributed by atoms with Crippen LogP contribution in [0.5, 0.6) is 0 Å². The lowest BCUT2D eigenvalue weighted by atomic mass is 10.1. The molecule has 4 heteroatoms. The van der Waals surface area contributed by atoms with Crippen molar-refractivity contribution in [1.29, 1.82) is 0 Å². The number of hydrogen-bond acceptors (Lipinski definition) is 0. The highest BCUT2D eigenvalue weighted by Crippen LogP contribution is 2.44. The molecule has 0 atom stereocenters. The van der Waals surface area contributed by atoms with E-state index in [-0.39, 0.29) is 0 Å². The number of rotatable bonds is 3. The van der Waals surface area contributed by atoms with E-state index in [9.17, 15) is 0 Å².